The van der Waals surface area contributed by atoms with Gasteiger partial charge >= 0.3 is 5.69 Å². The molecule has 1 saturated heterocycles. The largest absolute Gasteiger partial charge is 0.341 e. The van der Waals surface area contributed by atoms with Crippen LogP contribution in [-0.4, -0.2) is 33.1 Å². The number of nitrogens with zero attached hydrogens (tertiary/aromatic N) is 4. The number of aromatic nitrogens is 2. The minimum absolute atomic E-state index is 0.00179. The van der Waals surface area contributed by atoms with Crippen LogP contribution in [0.4, 0.5) is 11.5 Å². The fourth-order valence-corrected chi connectivity index (χ4v) is 2.98. The van der Waals surface area contributed by atoms with E-state index in [0.717, 1.165) is 19.3 Å². The van der Waals surface area contributed by atoms with Gasteiger partial charge in [0.1, 0.15) is 5.69 Å². The lowest BCUT2D eigenvalue weighted by molar-refractivity contribution is -0.384. The molecule has 1 atom stereocenters. The van der Waals surface area contributed by atoms with Crippen molar-refractivity contribution in [3.8, 4) is 0 Å². The summed E-state index contributed by atoms with van der Waals surface area (Å²) in [4.78, 5) is 24.8. The van der Waals surface area contributed by atoms with Gasteiger partial charge in [0.25, 0.3) is 0 Å². The lowest BCUT2D eigenvalue weighted by atomic mass is 9.99. The highest BCUT2D eigenvalue weighted by Crippen LogP contribution is 2.37. The molecule has 7 nitrogen and oxygen atoms in total. The number of carbonyl (C=O) groups excluding carboxylic acids is 1. The summed E-state index contributed by atoms with van der Waals surface area (Å²) in [5, 5.41) is 15.8. The first-order valence-electron chi connectivity index (χ1n) is 7.35. The van der Waals surface area contributed by atoms with Crippen LogP contribution in [0.15, 0.2) is 0 Å². The Kier molecular flexibility index (Phi) is 4.29. The topological polar surface area (TPSA) is 81.3 Å². The minimum atomic E-state index is -0.387. The van der Waals surface area contributed by atoms with Crippen molar-refractivity contribution >= 4 is 17.3 Å². The Morgan fingerprint density at radius 3 is 2.62 bits per heavy atom. The maximum atomic E-state index is 11.9. The van der Waals surface area contributed by atoms with E-state index in [0.29, 0.717) is 18.1 Å². The molecule has 1 fully saturated rings. The molecule has 7 heteroatoms. The van der Waals surface area contributed by atoms with Gasteiger partial charge in [-0.25, -0.2) is 4.68 Å². The molecule has 0 radical (unpaired) electrons. The van der Waals surface area contributed by atoms with Crippen LogP contribution in [0, 0.1) is 17.0 Å². The number of Topliss-reactive ketones (excluding diaryl/α,β-unsaturated/α-hetero) is 1. The second-order valence-corrected chi connectivity index (χ2v) is 5.87. The van der Waals surface area contributed by atoms with Gasteiger partial charge in [-0.05, 0) is 47.0 Å². The maximum absolute atomic E-state index is 11.9. The second kappa shape index (κ2) is 5.83. The molecule has 0 aliphatic carbocycles. The van der Waals surface area contributed by atoms with E-state index in [9.17, 15) is 14.9 Å². The van der Waals surface area contributed by atoms with Crippen molar-refractivity contribution in [1.29, 1.82) is 0 Å². The van der Waals surface area contributed by atoms with Crippen LogP contribution >= 0.6 is 0 Å². The van der Waals surface area contributed by atoms with E-state index < -0.39 is 0 Å². The first-order valence-corrected chi connectivity index (χ1v) is 7.35. The van der Waals surface area contributed by atoms with E-state index in [1.54, 1.807) is 18.5 Å². The van der Waals surface area contributed by atoms with Crippen LogP contribution in [-0.2, 0) is 4.79 Å². The highest BCUT2D eigenvalue weighted by molar-refractivity contribution is 5.86. The molecule has 0 N–H and O–H groups in total. The molecule has 0 bridgehead atoms. The number of hydrogen-bond acceptors (Lipinski definition) is 5. The van der Waals surface area contributed by atoms with Gasteiger partial charge < -0.3 is 4.90 Å². The van der Waals surface area contributed by atoms with E-state index in [1.165, 1.54) is 0 Å². The van der Waals surface area contributed by atoms with Crippen molar-refractivity contribution in [1.82, 2.24) is 9.78 Å². The smallest absolute Gasteiger partial charge is 0.333 e. The fourth-order valence-electron chi connectivity index (χ4n) is 2.98. The Labute approximate surface area is 124 Å². The van der Waals surface area contributed by atoms with Crippen molar-refractivity contribution in [3.63, 3.8) is 0 Å². The molecule has 1 aromatic rings. The quantitative estimate of drug-likeness (QED) is 0.630. The van der Waals surface area contributed by atoms with Gasteiger partial charge in [0.05, 0.1) is 11.0 Å². The normalized spacial score (nSPS) is 19.1. The van der Waals surface area contributed by atoms with Crippen molar-refractivity contribution in [2.75, 3.05) is 11.4 Å². The van der Waals surface area contributed by atoms with Crippen LogP contribution in [0.5, 0.6) is 0 Å². The molecule has 2 rings (SSSR count). The molecule has 0 amide bonds. The molecule has 0 spiro atoms. The molecule has 0 saturated carbocycles. The number of carbonyl (C=O) groups is 1. The summed E-state index contributed by atoms with van der Waals surface area (Å²) in [6.45, 7) is 7.73. The highest BCUT2D eigenvalue weighted by atomic mass is 16.6. The molecular weight excluding hydrogens is 272 g/mol. The summed E-state index contributed by atoms with van der Waals surface area (Å²) in [6, 6.07) is -0.284. The molecule has 1 aliphatic rings. The van der Waals surface area contributed by atoms with Crippen molar-refractivity contribution in [2.45, 2.75) is 59.0 Å². The fraction of sp³-hybridized carbons (Fsp3) is 0.714. The first-order chi connectivity index (χ1) is 9.84. The van der Waals surface area contributed by atoms with Crippen LogP contribution in [0.25, 0.3) is 0 Å². The number of nitro groups is 1. The third-order valence-corrected chi connectivity index (χ3v) is 3.95. The summed E-state index contributed by atoms with van der Waals surface area (Å²) >= 11 is 0. The van der Waals surface area contributed by atoms with E-state index in [2.05, 4.69) is 5.10 Å². The molecule has 1 unspecified atom stereocenters. The van der Waals surface area contributed by atoms with Crippen LogP contribution < -0.4 is 4.90 Å². The van der Waals surface area contributed by atoms with Crippen LogP contribution in [0.2, 0.25) is 0 Å². The molecule has 116 valence electrons. The number of anilines is 1. The van der Waals surface area contributed by atoms with Crippen molar-refractivity contribution in [3.05, 3.63) is 15.8 Å². The highest BCUT2D eigenvalue weighted by Gasteiger charge is 2.36. The van der Waals surface area contributed by atoms with Gasteiger partial charge in [0.2, 0.25) is 5.82 Å². The Balaban J connectivity index is 2.59. The monoisotopic (exact) mass is 294 g/mol. The van der Waals surface area contributed by atoms with Gasteiger partial charge in [-0.15, -0.1) is 0 Å². The van der Waals surface area contributed by atoms with Gasteiger partial charge in [0, 0.05) is 12.6 Å². The lowest BCUT2D eigenvalue weighted by Gasteiger charge is -2.35. The summed E-state index contributed by atoms with van der Waals surface area (Å²) in [6.07, 6.45) is 2.65. The Morgan fingerprint density at radius 1 is 1.43 bits per heavy atom. The van der Waals surface area contributed by atoms with Crippen molar-refractivity contribution in [2.24, 2.45) is 0 Å². The third-order valence-electron chi connectivity index (χ3n) is 3.95. The molecule has 21 heavy (non-hydrogen) atoms. The summed E-state index contributed by atoms with van der Waals surface area (Å²) in [5.74, 6) is 0.533. The number of rotatable bonds is 4. The number of aryl methyl sites for hydroxylation is 1. The van der Waals surface area contributed by atoms with Crippen LogP contribution in [0.3, 0.4) is 0 Å². The third kappa shape index (κ3) is 2.77. The summed E-state index contributed by atoms with van der Waals surface area (Å²) in [5.41, 5.74) is 0.424. The predicted molar refractivity (Wildman–Crippen MR) is 79.7 cm³/mol. The van der Waals surface area contributed by atoms with Gasteiger partial charge in [-0.2, -0.15) is 5.10 Å². The number of hydrogen-bond donors (Lipinski definition) is 0. The predicted octanol–water partition coefficient (Wildman–Crippen LogP) is 2.63. The molecular formula is C14H22N4O3. The SMILES string of the molecule is CC(=O)C1CCCCN1c1c([N+](=O)[O-])c(C)nn1C(C)C. The maximum Gasteiger partial charge on any atom is 0.333 e. The Hall–Kier alpha value is -1.92. The van der Waals surface area contributed by atoms with E-state index >= 15 is 0 Å². The molecule has 0 aromatic carbocycles. The zero-order valence-electron chi connectivity index (χ0n) is 13.0. The Morgan fingerprint density at radius 2 is 2.10 bits per heavy atom. The lowest BCUT2D eigenvalue weighted by Crippen LogP contribution is -2.45. The van der Waals surface area contributed by atoms with Crippen LogP contribution in [0.1, 0.15) is 51.8 Å². The molecule has 2 heterocycles. The zero-order chi connectivity index (χ0) is 15.7. The van der Waals surface area contributed by atoms with Gasteiger partial charge in [0.15, 0.2) is 5.78 Å². The van der Waals surface area contributed by atoms with E-state index in [4.69, 9.17) is 0 Å². The van der Waals surface area contributed by atoms with Gasteiger partial charge in [-0.1, -0.05) is 0 Å². The van der Waals surface area contributed by atoms with E-state index in [-0.39, 0.29) is 28.5 Å². The van der Waals surface area contributed by atoms with Gasteiger partial charge in [-0.3, -0.25) is 14.9 Å². The standard InChI is InChI=1S/C14H22N4O3/c1-9(2)17-14(13(18(20)21)10(3)15-17)16-8-6-5-7-12(16)11(4)19/h9,12H,5-8H2,1-4H3. The number of ketones is 1. The van der Waals surface area contributed by atoms with E-state index in [1.807, 2.05) is 18.7 Å². The Bertz CT molecular complexity index is 565. The summed E-state index contributed by atoms with van der Waals surface area (Å²) in [7, 11) is 0. The van der Waals surface area contributed by atoms with Crippen molar-refractivity contribution < 1.29 is 9.72 Å². The average Bonchev–Trinajstić information content (AvgIpc) is 2.76. The first kappa shape index (κ1) is 15.5. The zero-order valence-corrected chi connectivity index (χ0v) is 13.0. The molecule has 1 aliphatic heterocycles. The number of piperidine rings is 1. The minimum Gasteiger partial charge on any atom is -0.341 e. The summed E-state index contributed by atoms with van der Waals surface area (Å²) < 4.78 is 1.68. The average molecular weight is 294 g/mol. The second-order valence-electron chi connectivity index (χ2n) is 5.87. The molecule has 1 aromatic heterocycles.